The van der Waals surface area contributed by atoms with E-state index in [9.17, 15) is 4.79 Å². The molecule has 0 unspecified atom stereocenters. The van der Waals surface area contributed by atoms with Gasteiger partial charge in [-0.3, -0.25) is 4.79 Å². The second-order valence-corrected chi connectivity index (χ2v) is 2.66. The number of carbonyl (C=O) groups is 1. The number of amides is 1. The lowest BCUT2D eigenvalue weighted by molar-refractivity contribution is -0.134. The monoisotopic (exact) mass is 123 g/mol. The van der Waals surface area contributed by atoms with Crippen LogP contribution in [0.2, 0.25) is 0 Å². The molecule has 9 heavy (non-hydrogen) atoms. The van der Waals surface area contributed by atoms with E-state index in [1.807, 2.05) is 0 Å². The molecule has 1 amide bonds. The first kappa shape index (κ1) is 5.03. The van der Waals surface area contributed by atoms with Crippen LogP contribution in [-0.2, 0) is 4.79 Å². The zero-order chi connectivity index (χ0) is 6.27. The van der Waals surface area contributed by atoms with Gasteiger partial charge in [0.25, 0.3) is 0 Å². The molecular weight excluding hydrogens is 114 g/mol. The van der Waals surface area contributed by atoms with Crippen molar-refractivity contribution in [3.8, 4) is 0 Å². The summed E-state index contributed by atoms with van der Waals surface area (Å²) >= 11 is 0. The number of β-lactam (4-membered cyclic amide) rings is 1. The first-order valence-electron chi connectivity index (χ1n) is 3.33. The molecule has 2 atom stereocenters. The number of hydrogen-bond acceptors (Lipinski definition) is 1. The Morgan fingerprint density at radius 1 is 1.44 bits per heavy atom. The van der Waals surface area contributed by atoms with Crippen molar-refractivity contribution in [2.75, 3.05) is 0 Å². The first-order chi connectivity index (χ1) is 4.38. The highest BCUT2D eigenvalue weighted by Crippen LogP contribution is 2.25. The molecule has 48 valence electrons. The van der Waals surface area contributed by atoms with Crippen molar-refractivity contribution in [3.05, 3.63) is 12.2 Å². The van der Waals surface area contributed by atoms with E-state index < -0.39 is 0 Å². The third-order valence-electron chi connectivity index (χ3n) is 2.10. The van der Waals surface area contributed by atoms with Gasteiger partial charge in [0.2, 0.25) is 5.91 Å². The summed E-state index contributed by atoms with van der Waals surface area (Å²) in [7, 11) is 0. The highest BCUT2D eigenvalue weighted by atomic mass is 16.2. The van der Waals surface area contributed by atoms with E-state index in [-0.39, 0.29) is 5.91 Å². The maximum Gasteiger partial charge on any atom is 0.225 e. The Hall–Kier alpha value is -0.790. The number of rotatable bonds is 0. The number of hydrogen-bond donors (Lipinski definition) is 1. The van der Waals surface area contributed by atoms with Crippen molar-refractivity contribution in [2.45, 2.75) is 18.9 Å². The van der Waals surface area contributed by atoms with E-state index >= 15 is 0 Å². The smallest absolute Gasteiger partial charge is 0.225 e. The van der Waals surface area contributed by atoms with Crippen LogP contribution in [0.3, 0.4) is 0 Å². The van der Waals surface area contributed by atoms with E-state index in [0.29, 0.717) is 12.0 Å². The Labute approximate surface area is 53.9 Å². The average molecular weight is 123 g/mol. The van der Waals surface area contributed by atoms with Gasteiger partial charge in [-0.05, 0) is 12.8 Å². The van der Waals surface area contributed by atoms with E-state index in [1.165, 1.54) is 0 Å². The second-order valence-electron chi connectivity index (χ2n) is 2.66. The van der Waals surface area contributed by atoms with Crippen LogP contribution in [0.15, 0.2) is 12.2 Å². The molecule has 1 N–H and O–H groups in total. The summed E-state index contributed by atoms with van der Waals surface area (Å²) in [6, 6.07) is 0.475. The lowest BCUT2D eigenvalue weighted by Gasteiger charge is -2.37. The minimum absolute atomic E-state index is 0.240. The maximum atomic E-state index is 10.7. The summed E-state index contributed by atoms with van der Waals surface area (Å²) in [6.07, 6.45) is 6.23. The SMILES string of the molecule is O=C1N[C@H]2CC=CC[C@@H]12. The average Bonchev–Trinajstić information content (AvgIpc) is 1.86. The molecule has 0 aromatic rings. The molecule has 0 aromatic carbocycles. The fourth-order valence-electron chi connectivity index (χ4n) is 1.46. The summed E-state index contributed by atoms with van der Waals surface area (Å²) in [6.45, 7) is 0. The van der Waals surface area contributed by atoms with Crippen molar-refractivity contribution >= 4 is 5.91 Å². The molecule has 1 aliphatic carbocycles. The predicted octanol–water partition coefficient (Wildman–Crippen LogP) is 0.451. The number of nitrogens with one attached hydrogen (secondary N) is 1. The number of fused-ring (bicyclic) bond motifs is 1. The van der Waals surface area contributed by atoms with Gasteiger partial charge in [-0.2, -0.15) is 0 Å². The van der Waals surface area contributed by atoms with Crippen molar-refractivity contribution in [2.24, 2.45) is 5.92 Å². The minimum atomic E-state index is 0.240. The number of allylic oxidation sites excluding steroid dienone is 1. The summed E-state index contributed by atoms with van der Waals surface area (Å²) in [5.74, 6) is 0.555. The Kier molecular flexibility index (Phi) is 0.891. The molecule has 1 aliphatic heterocycles. The predicted molar refractivity (Wildman–Crippen MR) is 33.8 cm³/mol. The van der Waals surface area contributed by atoms with E-state index in [2.05, 4.69) is 17.5 Å². The standard InChI is InChI=1S/C7H9NO/c9-7-5-3-1-2-4-6(5)8-7/h1-2,5-6H,3-4H2,(H,8,9)/t5-,6+/m1/s1. The molecule has 2 heteroatoms. The quantitative estimate of drug-likeness (QED) is 0.368. The maximum absolute atomic E-state index is 10.7. The highest BCUT2D eigenvalue weighted by molar-refractivity contribution is 5.86. The Morgan fingerprint density at radius 2 is 2.22 bits per heavy atom. The fraction of sp³-hybridized carbons (Fsp3) is 0.571. The summed E-state index contributed by atoms with van der Waals surface area (Å²) in [5, 5.41) is 2.85. The Morgan fingerprint density at radius 3 is 2.78 bits per heavy atom. The van der Waals surface area contributed by atoms with Gasteiger partial charge in [-0.25, -0.2) is 0 Å². The van der Waals surface area contributed by atoms with Gasteiger partial charge >= 0.3 is 0 Å². The fourth-order valence-corrected chi connectivity index (χ4v) is 1.46. The normalized spacial score (nSPS) is 38.9. The first-order valence-corrected chi connectivity index (χ1v) is 3.33. The summed E-state index contributed by atoms with van der Waals surface area (Å²) in [5.41, 5.74) is 0. The summed E-state index contributed by atoms with van der Waals surface area (Å²) in [4.78, 5) is 10.7. The van der Waals surface area contributed by atoms with Crippen LogP contribution in [-0.4, -0.2) is 11.9 Å². The Bertz CT molecular complexity index is 174. The zero-order valence-electron chi connectivity index (χ0n) is 5.13. The van der Waals surface area contributed by atoms with Crippen LogP contribution >= 0.6 is 0 Å². The largest absolute Gasteiger partial charge is 0.352 e. The lowest BCUT2D eigenvalue weighted by atomic mass is 9.82. The highest BCUT2D eigenvalue weighted by Gasteiger charge is 2.38. The molecular formula is C7H9NO. The topological polar surface area (TPSA) is 29.1 Å². The molecule has 2 nitrogen and oxygen atoms in total. The van der Waals surface area contributed by atoms with Crippen LogP contribution in [0.4, 0.5) is 0 Å². The van der Waals surface area contributed by atoms with Gasteiger partial charge in [0.15, 0.2) is 0 Å². The molecule has 1 heterocycles. The number of carbonyl (C=O) groups excluding carboxylic acids is 1. The van der Waals surface area contributed by atoms with Crippen molar-refractivity contribution in [3.63, 3.8) is 0 Å². The van der Waals surface area contributed by atoms with Crippen LogP contribution < -0.4 is 5.32 Å². The second kappa shape index (κ2) is 1.59. The van der Waals surface area contributed by atoms with Crippen LogP contribution in [0.25, 0.3) is 0 Å². The van der Waals surface area contributed by atoms with Crippen molar-refractivity contribution in [1.82, 2.24) is 5.32 Å². The van der Waals surface area contributed by atoms with Gasteiger partial charge in [-0.1, -0.05) is 12.2 Å². The van der Waals surface area contributed by atoms with Gasteiger partial charge < -0.3 is 5.32 Å². The van der Waals surface area contributed by atoms with Crippen molar-refractivity contribution < 1.29 is 4.79 Å². The molecule has 0 saturated carbocycles. The lowest BCUT2D eigenvalue weighted by Crippen LogP contribution is -2.58. The molecule has 2 aliphatic rings. The molecule has 1 saturated heterocycles. The van der Waals surface area contributed by atoms with E-state index in [1.54, 1.807) is 0 Å². The molecule has 0 radical (unpaired) electrons. The van der Waals surface area contributed by atoms with Crippen molar-refractivity contribution in [1.29, 1.82) is 0 Å². The molecule has 0 aromatic heterocycles. The third kappa shape index (κ3) is 0.590. The Balaban J connectivity index is 2.12. The van der Waals surface area contributed by atoms with Gasteiger partial charge in [0.05, 0.1) is 5.92 Å². The zero-order valence-corrected chi connectivity index (χ0v) is 5.13. The van der Waals surface area contributed by atoms with Gasteiger partial charge in [0.1, 0.15) is 0 Å². The van der Waals surface area contributed by atoms with E-state index in [0.717, 1.165) is 12.8 Å². The van der Waals surface area contributed by atoms with Crippen LogP contribution in [0.5, 0.6) is 0 Å². The summed E-state index contributed by atoms with van der Waals surface area (Å²) < 4.78 is 0. The van der Waals surface area contributed by atoms with Crippen LogP contribution in [0.1, 0.15) is 12.8 Å². The molecule has 2 rings (SSSR count). The van der Waals surface area contributed by atoms with Gasteiger partial charge in [0, 0.05) is 6.04 Å². The molecule has 0 bridgehead atoms. The van der Waals surface area contributed by atoms with Crippen LogP contribution in [0, 0.1) is 5.92 Å². The minimum Gasteiger partial charge on any atom is -0.352 e. The molecule has 1 fully saturated rings. The third-order valence-corrected chi connectivity index (χ3v) is 2.10. The molecule has 0 spiro atoms. The van der Waals surface area contributed by atoms with E-state index in [4.69, 9.17) is 0 Å². The van der Waals surface area contributed by atoms with Gasteiger partial charge in [-0.15, -0.1) is 0 Å².